The number of rotatable bonds is 5. The highest BCUT2D eigenvalue weighted by molar-refractivity contribution is 5.90. The fourth-order valence-corrected chi connectivity index (χ4v) is 2.91. The second-order valence-corrected chi connectivity index (χ2v) is 6.05. The van der Waals surface area contributed by atoms with Gasteiger partial charge in [0, 0.05) is 18.5 Å². The van der Waals surface area contributed by atoms with Crippen LogP contribution in [0.3, 0.4) is 0 Å². The molecule has 2 atom stereocenters. The van der Waals surface area contributed by atoms with Gasteiger partial charge in [-0.25, -0.2) is 9.37 Å². The van der Waals surface area contributed by atoms with Crippen LogP contribution >= 0.6 is 24.8 Å². The van der Waals surface area contributed by atoms with Gasteiger partial charge in [0.15, 0.2) is 0 Å². The van der Waals surface area contributed by atoms with Crippen LogP contribution in [0.2, 0.25) is 0 Å². The Morgan fingerprint density at radius 2 is 1.92 bits per heavy atom. The number of halogens is 3. The molecule has 1 aliphatic rings. The van der Waals surface area contributed by atoms with Crippen molar-refractivity contribution in [3.63, 3.8) is 0 Å². The van der Waals surface area contributed by atoms with E-state index >= 15 is 0 Å². The largest absolute Gasteiger partial charge is 0.439 e. The quantitative estimate of drug-likeness (QED) is 0.781. The van der Waals surface area contributed by atoms with Crippen LogP contribution in [0.25, 0.3) is 0 Å². The molecule has 0 unspecified atom stereocenters. The minimum Gasteiger partial charge on any atom is -0.439 e. The summed E-state index contributed by atoms with van der Waals surface area (Å²) in [6, 6.07) is 9.18. The topological polar surface area (TPSA) is 77.2 Å². The second-order valence-electron chi connectivity index (χ2n) is 6.05. The first kappa shape index (κ1) is 22.2. The number of pyridine rings is 1. The average molecular weight is 402 g/mol. The molecule has 1 aromatic heterocycles. The molecule has 1 amide bonds. The molecule has 1 fully saturated rings. The van der Waals surface area contributed by atoms with Gasteiger partial charge in [-0.05, 0) is 49.1 Å². The van der Waals surface area contributed by atoms with Gasteiger partial charge in [-0.15, -0.1) is 24.8 Å². The summed E-state index contributed by atoms with van der Waals surface area (Å²) >= 11 is 0. The summed E-state index contributed by atoms with van der Waals surface area (Å²) < 4.78 is 18.4. The summed E-state index contributed by atoms with van der Waals surface area (Å²) in [6.07, 6.45) is 5.07. The Kier molecular flexibility index (Phi) is 8.78. The minimum atomic E-state index is -0.324. The van der Waals surface area contributed by atoms with Gasteiger partial charge in [0.05, 0.1) is 11.9 Å². The fourth-order valence-electron chi connectivity index (χ4n) is 2.91. The lowest BCUT2D eigenvalue weighted by atomic mass is 10.00. The summed E-state index contributed by atoms with van der Waals surface area (Å²) in [5.74, 6) is 0.758. The highest BCUT2D eigenvalue weighted by Crippen LogP contribution is 2.27. The van der Waals surface area contributed by atoms with E-state index in [1.807, 2.05) is 0 Å². The first-order chi connectivity index (χ1) is 11.6. The average Bonchev–Trinajstić information content (AvgIpc) is 2.96. The zero-order chi connectivity index (χ0) is 16.9. The molecule has 2 aromatic rings. The molecular weight excluding hydrogens is 380 g/mol. The smallest absolute Gasteiger partial charge is 0.224 e. The monoisotopic (exact) mass is 401 g/mol. The summed E-state index contributed by atoms with van der Waals surface area (Å²) in [7, 11) is 0. The van der Waals surface area contributed by atoms with Gasteiger partial charge >= 0.3 is 0 Å². The molecule has 1 aliphatic carbocycles. The van der Waals surface area contributed by atoms with Crippen molar-refractivity contribution < 1.29 is 13.9 Å². The molecule has 1 aromatic carbocycles. The number of nitrogens with zero attached hydrogens (tertiary/aromatic N) is 1. The van der Waals surface area contributed by atoms with E-state index in [1.54, 1.807) is 12.1 Å². The van der Waals surface area contributed by atoms with Crippen molar-refractivity contribution in [2.45, 2.75) is 31.7 Å². The highest BCUT2D eigenvalue weighted by Gasteiger charge is 2.26. The first-order valence-corrected chi connectivity index (χ1v) is 8.05. The van der Waals surface area contributed by atoms with Gasteiger partial charge in [-0.1, -0.05) is 6.42 Å². The Labute approximate surface area is 164 Å². The van der Waals surface area contributed by atoms with E-state index in [9.17, 15) is 9.18 Å². The van der Waals surface area contributed by atoms with Crippen LogP contribution in [-0.4, -0.2) is 16.9 Å². The van der Waals surface area contributed by atoms with Crippen LogP contribution < -0.4 is 15.8 Å². The number of aromatic nitrogens is 1. The van der Waals surface area contributed by atoms with Crippen LogP contribution in [0.4, 0.5) is 10.1 Å². The van der Waals surface area contributed by atoms with E-state index in [4.69, 9.17) is 10.5 Å². The third-order valence-electron chi connectivity index (χ3n) is 4.22. The number of amides is 1. The Morgan fingerprint density at radius 3 is 2.50 bits per heavy atom. The van der Waals surface area contributed by atoms with Crippen LogP contribution in [0.5, 0.6) is 11.6 Å². The molecule has 8 heteroatoms. The maximum absolute atomic E-state index is 12.9. The van der Waals surface area contributed by atoms with E-state index < -0.39 is 0 Å². The van der Waals surface area contributed by atoms with Gasteiger partial charge in [0.1, 0.15) is 11.6 Å². The molecule has 26 heavy (non-hydrogen) atoms. The number of nitrogens with one attached hydrogen (secondary N) is 1. The Bertz CT molecular complexity index is 699. The maximum atomic E-state index is 12.9. The molecule has 0 bridgehead atoms. The molecule has 0 aliphatic heterocycles. The van der Waals surface area contributed by atoms with Crippen molar-refractivity contribution in [1.82, 2.24) is 4.98 Å². The van der Waals surface area contributed by atoms with Crippen molar-refractivity contribution in [1.29, 1.82) is 0 Å². The fraction of sp³-hybridized carbons (Fsp3) is 0.333. The number of benzene rings is 1. The molecular formula is C18H22Cl2FN3O2. The normalized spacial score (nSPS) is 18.4. The van der Waals surface area contributed by atoms with Gasteiger partial charge in [-0.2, -0.15) is 0 Å². The predicted molar refractivity (Wildman–Crippen MR) is 104 cm³/mol. The molecule has 3 rings (SSSR count). The zero-order valence-corrected chi connectivity index (χ0v) is 15.7. The lowest BCUT2D eigenvalue weighted by Crippen LogP contribution is -2.28. The Balaban J connectivity index is 0.00000169. The van der Waals surface area contributed by atoms with Crippen LogP contribution in [0.15, 0.2) is 42.6 Å². The molecule has 5 nitrogen and oxygen atoms in total. The molecule has 1 heterocycles. The van der Waals surface area contributed by atoms with E-state index in [0.717, 1.165) is 19.3 Å². The lowest BCUT2D eigenvalue weighted by Gasteiger charge is -2.14. The van der Waals surface area contributed by atoms with E-state index in [0.29, 0.717) is 23.7 Å². The van der Waals surface area contributed by atoms with Gasteiger partial charge in [0.25, 0.3) is 0 Å². The number of nitrogens with two attached hydrogens (primary N) is 1. The highest BCUT2D eigenvalue weighted by atomic mass is 35.5. The van der Waals surface area contributed by atoms with E-state index in [-0.39, 0.29) is 48.5 Å². The van der Waals surface area contributed by atoms with Gasteiger partial charge < -0.3 is 15.8 Å². The van der Waals surface area contributed by atoms with Gasteiger partial charge in [-0.3, -0.25) is 4.79 Å². The second kappa shape index (κ2) is 10.3. The summed E-state index contributed by atoms with van der Waals surface area (Å²) in [6.45, 7) is 0. The number of anilines is 1. The summed E-state index contributed by atoms with van der Waals surface area (Å²) in [4.78, 5) is 16.2. The molecule has 0 spiro atoms. The number of hydrogen-bond acceptors (Lipinski definition) is 4. The zero-order valence-electron chi connectivity index (χ0n) is 14.1. The van der Waals surface area contributed by atoms with Crippen molar-refractivity contribution >= 4 is 36.4 Å². The molecule has 0 saturated heterocycles. The van der Waals surface area contributed by atoms with E-state index in [2.05, 4.69) is 10.3 Å². The number of carbonyl (C=O) groups is 1. The number of ether oxygens (including phenoxy) is 1. The number of carbonyl (C=O) groups excluding carboxylic acids is 1. The molecule has 0 radical (unpaired) electrons. The van der Waals surface area contributed by atoms with Crippen LogP contribution in [0.1, 0.15) is 25.7 Å². The third kappa shape index (κ3) is 6.12. The standard InChI is InChI=1S/C18H20FN3O2.2ClH/c19-13-4-7-15(8-5-13)24-18-9-6-14(11-21-18)22-17(23)10-12-2-1-3-16(12)20;;/h4-9,11-12,16H,1-3,10,20H2,(H,22,23);2*1H/t12-,16+;;/m0../s1. The van der Waals surface area contributed by atoms with Crippen molar-refractivity contribution in [3.05, 3.63) is 48.4 Å². The summed E-state index contributed by atoms with van der Waals surface area (Å²) in [5.41, 5.74) is 6.60. The SMILES string of the molecule is Cl.Cl.N[C@@H]1CCC[C@H]1CC(=O)Nc1ccc(Oc2ccc(F)cc2)nc1. The summed E-state index contributed by atoms with van der Waals surface area (Å²) in [5, 5.41) is 2.83. The van der Waals surface area contributed by atoms with Crippen molar-refractivity contribution in [3.8, 4) is 11.6 Å². The van der Waals surface area contributed by atoms with Crippen LogP contribution in [-0.2, 0) is 4.79 Å². The predicted octanol–water partition coefficient (Wildman–Crippen LogP) is 4.31. The number of hydrogen-bond donors (Lipinski definition) is 2. The van der Waals surface area contributed by atoms with E-state index in [1.165, 1.54) is 30.5 Å². The Morgan fingerprint density at radius 1 is 1.19 bits per heavy atom. The molecule has 1 saturated carbocycles. The van der Waals surface area contributed by atoms with Crippen molar-refractivity contribution in [2.24, 2.45) is 11.7 Å². The molecule has 142 valence electrons. The third-order valence-corrected chi connectivity index (χ3v) is 4.22. The van der Waals surface area contributed by atoms with Gasteiger partial charge in [0.2, 0.25) is 11.8 Å². The lowest BCUT2D eigenvalue weighted by molar-refractivity contribution is -0.117. The van der Waals surface area contributed by atoms with Crippen molar-refractivity contribution in [2.75, 3.05) is 5.32 Å². The molecule has 3 N–H and O–H groups in total. The first-order valence-electron chi connectivity index (χ1n) is 8.05. The van der Waals surface area contributed by atoms with Crippen LogP contribution in [0, 0.1) is 11.7 Å². The minimum absolute atomic E-state index is 0. The Hall–Kier alpha value is -1.89. The maximum Gasteiger partial charge on any atom is 0.224 e.